The van der Waals surface area contributed by atoms with Gasteiger partial charge in [0.2, 0.25) is 5.91 Å². The molecule has 1 rings (SSSR count). The molecule has 1 unspecified atom stereocenters. The molecule has 0 aliphatic carbocycles. The van der Waals surface area contributed by atoms with Crippen LogP contribution in [-0.2, 0) is 4.79 Å². The van der Waals surface area contributed by atoms with Crippen molar-refractivity contribution in [3.63, 3.8) is 0 Å². The molecule has 76 valence electrons. The quantitative estimate of drug-likeness (QED) is 0.636. The summed E-state index contributed by atoms with van der Waals surface area (Å²) in [6, 6.07) is 0.145. The van der Waals surface area contributed by atoms with Crippen molar-refractivity contribution in [3.05, 3.63) is 0 Å². The molecule has 1 fully saturated rings. The van der Waals surface area contributed by atoms with Gasteiger partial charge in [0.15, 0.2) is 0 Å². The van der Waals surface area contributed by atoms with E-state index in [9.17, 15) is 4.79 Å². The van der Waals surface area contributed by atoms with Gasteiger partial charge in [0.25, 0.3) is 0 Å². The summed E-state index contributed by atoms with van der Waals surface area (Å²) in [5.74, 6) is 0.129. The molecule has 1 atom stereocenters. The zero-order chi connectivity index (χ0) is 9.68. The first-order valence-electron chi connectivity index (χ1n) is 4.88. The summed E-state index contributed by atoms with van der Waals surface area (Å²) in [6.45, 7) is 1.61. The van der Waals surface area contributed by atoms with Gasteiger partial charge in [-0.2, -0.15) is 0 Å². The van der Waals surface area contributed by atoms with Crippen molar-refractivity contribution < 1.29 is 9.90 Å². The number of nitrogens with two attached hydrogens (primary N) is 1. The Morgan fingerprint density at radius 3 is 3.00 bits per heavy atom. The third-order valence-electron chi connectivity index (χ3n) is 2.36. The molecule has 0 aromatic heterocycles. The van der Waals surface area contributed by atoms with Gasteiger partial charge in [-0.15, -0.1) is 0 Å². The van der Waals surface area contributed by atoms with Crippen LogP contribution in [0.1, 0.15) is 25.7 Å². The maximum absolute atomic E-state index is 11.5. The van der Waals surface area contributed by atoms with Crippen LogP contribution in [0.2, 0.25) is 0 Å². The molecular weight excluding hydrogens is 168 g/mol. The third kappa shape index (κ3) is 3.32. The second kappa shape index (κ2) is 5.19. The predicted molar refractivity (Wildman–Crippen MR) is 50.1 cm³/mol. The average Bonchev–Trinajstić information content (AvgIpc) is 2.14. The Hall–Kier alpha value is -0.610. The number of likely N-dealkylation sites (tertiary alicyclic amines) is 1. The van der Waals surface area contributed by atoms with Gasteiger partial charge in [0.05, 0.1) is 0 Å². The topological polar surface area (TPSA) is 66.6 Å². The highest BCUT2D eigenvalue weighted by Gasteiger charge is 2.20. The summed E-state index contributed by atoms with van der Waals surface area (Å²) in [7, 11) is 0. The highest BCUT2D eigenvalue weighted by Crippen LogP contribution is 2.09. The molecule has 1 heterocycles. The number of hydrogen-bond acceptors (Lipinski definition) is 3. The van der Waals surface area contributed by atoms with E-state index < -0.39 is 0 Å². The second-order valence-electron chi connectivity index (χ2n) is 3.57. The van der Waals surface area contributed by atoms with Gasteiger partial charge in [0, 0.05) is 32.2 Å². The van der Waals surface area contributed by atoms with Crippen molar-refractivity contribution in [1.29, 1.82) is 0 Å². The van der Waals surface area contributed by atoms with Crippen LogP contribution in [0.25, 0.3) is 0 Å². The van der Waals surface area contributed by atoms with Gasteiger partial charge in [-0.25, -0.2) is 0 Å². The summed E-state index contributed by atoms with van der Waals surface area (Å²) in [4.78, 5) is 13.3. The van der Waals surface area contributed by atoms with Crippen molar-refractivity contribution in [3.8, 4) is 0 Å². The first kappa shape index (κ1) is 10.5. The molecule has 0 saturated carbocycles. The number of rotatable bonds is 3. The largest absolute Gasteiger partial charge is 0.396 e. The van der Waals surface area contributed by atoms with Crippen LogP contribution < -0.4 is 5.73 Å². The van der Waals surface area contributed by atoms with Gasteiger partial charge < -0.3 is 15.7 Å². The molecule has 3 N–H and O–H groups in total. The van der Waals surface area contributed by atoms with E-state index in [1.54, 1.807) is 0 Å². The normalized spacial score (nSPS) is 23.2. The van der Waals surface area contributed by atoms with Crippen molar-refractivity contribution in [2.75, 3.05) is 19.7 Å². The Balaban J connectivity index is 2.28. The Bertz CT molecular complexity index is 173. The van der Waals surface area contributed by atoms with E-state index in [-0.39, 0.29) is 18.6 Å². The fourth-order valence-corrected chi connectivity index (χ4v) is 1.62. The van der Waals surface area contributed by atoms with Crippen LogP contribution in [0.3, 0.4) is 0 Å². The third-order valence-corrected chi connectivity index (χ3v) is 2.36. The van der Waals surface area contributed by atoms with E-state index in [4.69, 9.17) is 10.8 Å². The summed E-state index contributed by atoms with van der Waals surface area (Å²) >= 11 is 0. The Morgan fingerprint density at radius 1 is 1.62 bits per heavy atom. The minimum atomic E-state index is 0.0889. The Kier molecular flexibility index (Phi) is 4.18. The molecule has 13 heavy (non-hydrogen) atoms. The minimum absolute atomic E-state index is 0.0889. The Labute approximate surface area is 78.7 Å². The minimum Gasteiger partial charge on any atom is -0.396 e. The molecule has 0 bridgehead atoms. The fourth-order valence-electron chi connectivity index (χ4n) is 1.62. The molecular formula is C9H18N2O2. The van der Waals surface area contributed by atoms with Crippen molar-refractivity contribution in [2.45, 2.75) is 31.7 Å². The molecule has 1 saturated heterocycles. The zero-order valence-electron chi connectivity index (χ0n) is 7.91. The van der Waals surface area contributed by atoms with Gasteiger partial charge in [-0.05, 0) is 19.3 Å². The molecule has 0 spiro atoms. The highest BCUT2D eigenvalue weighted by molar-refractivity contribution is 5.76. The lowest BCUT2D eigenvalue weighted by Crippen LogP contribution is -2.45. The lowest BCUT2D eigenvalue weighted by molar-refractivity contribution is -0.132. The predicted octanol–water partition coefficient (Wildman–Crippen LogP) is -0.291. The van der Waals surface area contributed by atoms with E-state index >= 15 is 0 Å². The smallest absolute Gasteiger partial charge is 0.222 e. The number of nitrogens with zero attached hydrogens (tertiary/aromatic N) is 1. The van der Waals surface area contributed by atoms with Crippen molar-refractivity contribution in [1.82, 2.24) is 4.90 Å². The van der Waals surface area contributed by atoms with Gasteiger partial charge in [-0.3, -0.25) is 4.79 Å². The van der Waals surface area contributed by atoms with Crippen LogP contribution >= 0.6 is 0 Å². The number of hydrogen-bond donors (Lipinski definition) is 2. The second-order valence-corrected chi connectivity index (χ2v) is 3.57. The fraction of sp³-hybridized carbons (Fsp3) is 0.889. The Morgan fingerprint density at radius 2 is 2.38 bits per heavy atom. The number of piperidine rings is 1. The number of amides is 1. The molecule has 0 aromatic rings. The van der Waals surface area contributed by atoms with E-state index in [1.807, 2.05) is 4.90 Å². The molecule has 1 aliphatic rings. The summed E-state index contributed by atoms with van der Waals surface area (Å²) in [5.41, 5.74) is 5.75. The van der Waals surface area contributed by atoms with E-state index in [0.29, 0.717) is 19.4 Å². The van der Waals surface area contributed by atoms with Crippen LogP contribution in [0.5, 0.6) is 0 Å². The summed E-state index contributed by atoms with van der Waals surface area (Å²) in [6.07, 6.45) is 3.03. The number of carbonyl (C=O) groups excluding carboxylic acids is 1. The summed E-state index contributed by atoms with van der Waals surface area (Å²) < 4.78 is 0. The first-order chi connectivity index (χ1) is 6.24. The molecule has 4 heteroatoms. The van der Waals surface area contributed by atoms with E-state index in [1.165, 1.54) is 0 Å². The van der Waals surface area contributed by atoms with E-state index in [0.717, 1.165) is 19.4 Å². The van der Waals surface area contributed by atoms with Crippen LogP contribution in [0.4, 0.5) is 0 Å². The van der Waals surface area contributed by atoms with Crippen molar-refractivity contribution in [2.24, 2.45) is 5.73 Å². The number of aliphatic hydroxyl groups is 1. The van der Waals surface area contributed by atoms with Crippen LogP contribution in [-0.4, -0.2) is 41.7 Å². The van der Waals surface area contributed by atoms with Crippen LogP contribution in [0.15, 0.2) is 0 Å². The van der Waals surface area contributed by atoms with Crippen molar-refractivity contribution >= 4 is 5.91 Å². The molecule has 0 radical (unpaired) electrons. The van der Waals surface area contributed by atoms with Gasteiger partial charge >= 0.3 is 0 Å². The average molecular weight is 186 g/mol. The van der Waals surface area contributed by atoms with Gasteiger partial charge in [-0.1, -0.05) is 0 Å². The molecule has 1 aliphatic heterocycles. The van der Waals surface area contributed by atoms with Crippen LogP contribution in [0, 0.1) is 0 Å². The maximum Gasteiger partial charge on any atom is 0.222 e. The molecule has 0 aromatic carbocycles. The SMILES string of the molecule is NC1CCCN(C(=O)CCCO)C1. The standard InChI is InChI=1S/C9H18N2O2/c10-8-3-1-5-11(7-8)9(13)4-2-6-12/h8,12H,1-7,10H2. The zero-order valence-corrected chi connectivity index (χ0v) is 7.91. The highest BCUT2D eigenvalue weighted by atomic mass is 16.3. The lowest BCUT2D eigenvalue weighted by Gasteiger charge is -2.30. The first-order valence-corrected chi connectivity index (χ1v) is 4.88. The van der Waals surface area contributed by atoms with Gasteiger partial charge in [0.1, 0.15) is 0 Å². The maximum atomic E-state index is 11.5. The summed E-state index contributed by atoms with van der Waals surface area (Å²) in [5, 5.41) is 8.57. The molecule has 4 nitrogen and oxygen atoms in total. The van der Waals surface area contributed by atoms with E-state index in [2.05, 4.69) is 0 Å². The monoisotopic (exact) mass is 186 g/mol. The molecule has 1 amide bonds. The lowest BCUT2D eigenvalue weighted by atomic mass is 10.1. The number of aliphatic hydroxyl groups excluding tert-OH is 1. The number of carbonyl (C=O) groups is 1.